The highest BCUT2D eigenvalue weighted by atomic mass is 16.5. The van der Waals surface area contributed by atoms with Gasteiger partial charge in [0.25, 0.3) is 0 Å². The SMILES string of the molecule is COC(=O)c1cccc(N)c1N1CCN2CCCCC2C1. The van der Waals surface area contributed by atoms with Gasteiger partial charge in [0, 0.05) is 25.7 Å². The number of anilines is 2. The van der Waals surface area contributed by atoms with Crippen molar-refractivity contribution >= 4 is 17.3 Å². The van der Waals surface area contributed by atoms with Gasteiger partial charge in [0.15, 0.2) is 0 Å². The van der Waals surface area contributed by atoms with Crippen LogP contribution in [0.4, 0.5) is 11.4 Å². The molecule has 1 aromatic carbocycles. The number of nitrogen functional groups attached to an aromatic ring is 1. The first-order valence-electron chi connectivity index (χ1n) is 7.66. The summed E-state index contributed by atoms with van der Waals surface area (Å²) in [5.41, 5.74) is 8.22. The summed E-state index contributed by atoms with van der Waals surface area (Å²) in [7, 11) is 1.41. The maximum Gasteiger partial charge on any atom is 0.340 e. The number of nitrogens with two attached hydrogens (primary N) is 1. The third-order valence-corrected chi connectivity index (χ3v) is 4.63. The van der Waals surface area contributed by atoms with Gasteiger partial charge in [-0.2, -0.15) is 0 Å². The molecule has 0 bridgehead atoms. The number of carbonyl (C=O) groups is 1. The Bertz CT molecular complexity index is 532. The molecule has 0 radical (unpaired) electrons. The summed E-state index contributed by atoms with van der Waals surface area (Å²) >= 11 is 0. The van der Waals surface area contributed by atoms with E-state index >= 15 is 0 Å². The Balaban J connectivity index is 1.88. The average molecular weight is 289 g/mol. The molecule has 2 saturated heterocycles. The van der Waals surface area contributed by atoms with Crippen molar-refractivity contribution in [3.8, 4) is 0 Å². The Labute approximate surface area is 125 Å². The number of rotatable bonds is 2. The van der Waals surface area contributed by atoms with Crippen LogP contribution in [-0.4, -0.2) is 50.2 Å². The lowest BCUT2D eigenvalue weighted by Gasteiger charge is -2.45. The Morgan fingerprint density at radius 1 is 1.29 bits per heavy atom. The van der Waals surface area contributed by atoms with Crippen molar-refractivity contribution in [1.82, 2.24) is 4.90 Å². The summed E-state index contributed by atoms with van der Waals surface area (Å²) in [6.45, 7) is 4.10. The minimum Gasteiger partial charge on any atom is -0.465 e. The second-order valence-corrected chi connectivity index (χ2v) is 5.87. The lowest BCUT2D eigenvalue weighted by Crippen LogP contribution is -2.55. The van der Waals surface area contributed by atoms with Gasteiger partial charge >= 0.3 is 5.97 Å². The van der Waals surface area contributed by atoms with Crippen molar-refractivity contribution in [1.29, 1.82) is 0 Å². The van der Waals surface area contributed by atoms with Crippen molar-refractivity contribution in [2.24, 2.45) is 0 Å². The molecule has 2 N–H and O–H groups in total. The minimum atomic E-state index is -0.316. The Morgan fingerprint density at radius 3 is 2.95 bits per heavy atom. The van der Waals surface area contributed by atoms with E-state index in [0.717, 1.165) is 25.3 Å². The van der Waals surface area contributed by atoms with Gasteiger partial charge in [-0.05, 0) is 31.5 Å². The molecule has 1 atom stereocenters. The predicted molar refractivity (Wildman–Crippen MR) is 83.6 cm³/mol. The number of esters is 1. The van der Waals surface area contributed by atoms with Gasteiger partial charge in [-0.25, -0.2) is 4.79 Å². The number of hydrogen-bond donors (Lipinski definition) is 1. The van der Waals surface area contributed by atoms with Crippen LogP contribution in [0.15, 0.2) is 18.2 Å². The number of piperazine rings is 1. The predicted octanol–water partition coefficient (Wildman–Crippen LogP) is 1.73. The molecule has 0 spiro atoms. The van der Waals surface area contributed by atoms with Gasteiger partial charge in [0.2, 0.25) is 0 Å². The van der Waals surface area contributed by atoms with Gasteiger partial charge in [-0.3, -0.25) is 4.90 Å². The number of methoxy groups -OCH3 is 1. The highest BCUT2D eigenvalue weighted by molar-refractivity contribution is 5.99. The largest absolute Gasteiger partial charge is 0.465 e. The fourth-order valence-corrected chi connectivity index (χ4v) is 3.55. The number of fused-ring (bicyclic) bond motifs is 1. The van der Waals surface area contributed by atoms with E-state index in [-0.39, 0.29) is 5.97 Å². The van der Waals surface area contributed by atoms with Crippen molar-refractivity contribution < 1.29 is 9.53 Å². The molecule has 2 aliphatic rings. The van der Waals surface area contributed by atoms with Crippen LogP contribution >= 0.6 is 0 Å². The molecule has 21 heavy (non-hydrogen) atoms. The molecule has 0 saturated carbocycles. The molecule has 2 heterocycles. The van der Waals surface area contributed by atoms with E-state index in [2.05, 4.69) is 9.80 Å². The Morgan fingerprint density at radius 2 is 2.14 bits per heavy atom. The van der Waals surface area contributed by atoms with Gasteiger partial charge in [-0.1, -0.05) is 12.5 Å². The summed E-state index contributed by atoms with van der Waals surface area (Å²) in [6, 6.07) is 6.04. The van der Waals surface area contributed by atoms with E-state index in [9.17, 15) is 4.79 Å². The number of carbonyl (C=O) groups excluding carboxylic acids is 1. The van der Waals surface area contributed by atoms with E-state index < -0.39 is 0 Å². The van der Waals surface area contributed by atoms with Crippen LogP contribution in [0.25, 0.3) is 0 Å². The summed E-state index contributed by atoms with van der Waals surface area (Å²) in [5, 5.41) is 0. The molecule has 3 rings (SSSR count). The molecule has 5 heteroatoms. The monoisotopic (exact) mass is 289 g/mol. The molecule has 0 amide bonds. The standard InChI is InChI=1S/C16H23N3O2/c1-21-16(20)13-6-4-7-14(17)15(13)19-10-9-18-8-3-2-5-12(18)11-19/h4,6-7,12H,2-3,5,8-11,17H2,1H3. The lowest BCUT2D eigenvalue weighted by atomic mass is 9.98. The first-order valence-corrected chi connectivity index (χ1v) is 7.66. The summed E-state index contributed by atoms with van der Waals surface area (Å²) in [5.74, 6) is -0.316. The fourth-order valence-electron chi connectivity index (χ4n) is 3.55. The Hall–Kier alpha value is -1.75. The highest BCUT2D eigenvalue weighted by Gasteiger charge is 2.31. The zero-order valence-electron chi connectivity index (χ0n) is 12.5. The third kappa shape index (κ3) is 2.70. The molecular weight excluding hydrogens is 266 g/mol. The second kappa shape index (κ2) is 5.93. The number of benzene rings is 1. The van der Waals surface area contributed by atoms with Crippen molar-refractivity contribution in [2.75, 3.05) is 43.9 Å². The van der Waals surface area contributed by atoms with E-state index in [0.29, 0.717) is 17.3 Å². The number of piperidine rings is 1. The van der Waals surface area contributed by atoms with E-state index in [1.165, 1.54) is 32.9 Å². The molecule has 1 aromatic rings. The van der Waals surface area contributed by atoms with Crippen molar-refractivity contribution in [3.05, 3.63) is 23.8 Å². The van der Waals surface area contributed by atoms with E-state index in [1.807, 2.05) is 12.1 Å². The zero-order valence-corrected chi connectivity index (χ0v) is 12.5. The lowest BCUT2D eigenvalue weighted by molar-refractivity contribution is 0.0601. The van der Waals surface area contributed by atoms with E-state index in [4.69, 9.17) is 10.5 Å². The molecule has 2 fully saturated rings. The zero-order chi connectivity index (χ0) is 14.8. The smallest absolute Gasteiger partial charge is 0.340 e. The number of nitrogens with zero attached hydrogens (tertiary/aromatic N) is 2. The van der Waals surface area contributed by atoms with Crippen LogP contribution in [0, 0.1) is 0 Å². The minimum absolute atomic E-state index is 0.316. The molecule has 2 aliphatic heterocycles. The van der Waals surface area contributed by atoms with Gasteiger partial charge in [0.05, 0.1) is 24.0 Å². The summed E-state index contributed by atoms with van der Waals surface area (Å²) in [6.07, 6.45) is 3.83. The first-order chi connectivity index (χ1) is 10.2. The Kier molecular flexibility index (Phi) is 4.01. The van der Waals surface area contributed by atoms with Gasteiger partial charge in [-0.15, -0.1) is 0 Å². The third-order valence-electron chi connectivity index (χ3n) is 4.63. The first kappa shape index (κ1) is 14.2. The number of hydrogen-bond acceptors (Lipinski definition) is 5. The van der Waals surface area contributed by atoms with Crippen LogP contribution in [0.3, 0.4) is 0 Å². The number of para-hydroxylation sites is 1. The van der Waals surface area contributed by atoms with Crippen LogP contribution < -0.4 is 10.6 Å². The van der Waals surface area contributed by atoms with Crippen LogP contribution in [0.2, 0.25) is 0 Å². The van der Waals surface area contributed by atoms with E-state index in [1.54, 1.807) is 6.07 Å². The maximum atomic E-state index is 12.0. The molecule has 0 aliphatic carbocycles. The van der Waals surface area contributed by atoms with Crippen LogP contribution in [-0.2, 0) is 4.74 Å². The molecule has 114 valence electrons. The molecular formula is C16H23N3O2. The topological polar surface area (TPSA) is 58.8 Å². The number of ether oxygens (including phenoxy) is 1. The fraction of sp³-hybridized carbons (Fsp3) is 0.562. The highest BCUT2D eigenvalue weighted by Crippen LogP contribution is 2.32. The normalized spacial score (nSPS) is 22.7. The van der Waals surface area contributed by atoms with Crippen molar-refractivity contribution in [3.63, 3.8) is 0 Å². The molecule has 5 nitrogen and oxygen atoms in total. The van der Waals surface area contributed by atoms with Crippen LogP contribution in [0.5, 0.6) is 0 Å². The van der Waals surface area contributed by atoms with Gasteiger partial charge in [0.1, 0.15) is 0 Å². The molecule has 1 unspecified atom stereocenters. The maximum absolute atomic E-state index is 12.0. The summed E-state index contributed by atoms with van der Waals surface area (Å²) < 4.78 is 4.90. The quantitative estimate of drug-likeness (QED) is 0.664. The van der Waals surface area contributed by atoms with Crippen molar-refractivity contribution in [2.45, 2.75) is 25.3 Å². The average Bonchev–Trinajstić information content (AvgIpc) is 2.53. The second-order valence-electron chi connectivity index (χ2n) is 5.87. The molecule has 0 aromatic heterocycles. The van der Waals surface area contributed by atoms with Gasteiger partial charge < -0.3 is 15.4 Å². The van der Waals surface area contributed by atoms with Crippen LogP contribution in [0.1, 0.15) is 29.6 Å². The summed E-state index contributed by atoms with van der Waals surface area (Å²) in [4.78, 5) is 16.8.